The lowest BCUT2D eigenvalue weighted by atomic mass is 10.2. The fraction of sp³-hybridized carbons (Fsp3) is 0.692. The van der Waals surface area contributed by atoms with Gasteiger partial charge in [0.05, 0.1) is 0 Å². The molecule has 0 aliphatic heterocycles. The summed E-state index contributed by atoms with van der Waals surface area (Å²) in [5.41, 5.74) is 5.71. The topological polar surface area (TPSA) is 75.9 Å². The van der Waals surface area contributed by atoms with Gasteiger partial charge in [-0.1, -0.05) is 13.3 Å². The second-order valence-electron chi connectivity index (χ2n) is 4.66. The van der Waals surface area contributed by atoms with Crippen molar-refractivity contribution in [2.45, 2.75) is 46.1 Å². The largest absolute Gasteiger partial charge is 0.370 e. The van der Waals surface area contributed by atoms with Gasteiger partial charge in [0.15, 0.2) is 0 Å². The molecule has 5 heteroatoms. The van der Waals surface area contributed by atoms with Gasteiger partial charge in [0.2, 0.25) is 0 Å². The number of aromatic nitrogens is 2. The molecule has 1 aromatic rings. The third-order valence-corrected chi connectivity index (χ3v) is 2.58. The average Bonchev–Trinajstić information content (AvgIpc) is 2.28. The van der Waals surface area contributed by atoms with Gasteiger partial charge in [0.25, 0.3) is 0 Å². The molecule has 0 aliphatic rings. The number of nitrogens with one attached hydrogen (secondary N) is 2. The minimum absolute atomic E-state index is 0.211. The number of hydrogen-bond acceptors (Lipinski definition) is 5. The molecule has 0 amide bonds. The third-order valence-electron chi connectivity index (χ3n) is 2.58. The standard InChI is InChI=1S/C13H25N5/c1-4-5-7-15-12-9-13(18-11(3)17-12)16-8-6-10(2)14/h9-10H,4-8,14H2,1-3H3,(H2,15,16,17,18). The van der Waals surface area contributed by atoms with E-state index in [1.807, 2.05) is 19.9 Å². The predicted molar refractivity (Wildman–Crippen MR) is 76.9 cm³/mol. The number of unbranched alkanes of at least 4 members (excludes halogenated alkanes) is 1. The van der Waals surface area contributed by atoms with Gasteiger partial charge < -0.3 is 16.4 Å². The quantitative estimate of drug-likeness (QED) is 0.617. The van der Waals surface area contributed by atoms with E-state index in [0.717, 1.165) is 43.4 Å². The summed E-state index contributed by atoms with van der Waals surface area (Å²) < 4.78 is 0. The molecule has 0 radical (unpaired) electrons. The molecule has 1 atom stereocenters. The van der Waals surface area contributed by atoms with Crippen molar-refractivity contribution < 1.29 is 0 Å². The highest BCUT2D eigenvalue weighted by atomic mass is 15.1. The molecule has 0 fully saturated rings. The molecule has 5 nitrogen and oxygen atoms in total. The molecule has 0 saturated carbocycles. The molecule has 0 aliphatic carbocycles. The van der Waals surface area contributed by atoms with Crippen LogP contribution in [0, 0.1) is 6.92 Å². The van der Waals surface area contributed by atoms with Crippen LogP contribution in [0.1, 0.15) is 38.9 Å². The van der Waals surface area contributed by atoms with E-state index in [0.29, 0.717) is 0 Å². The van der Waals surface area contributed by atoms with E-state index < -0.39 is 0 Å². The molecule has 0 spiro atoms. The fourth-order valence-electron chi connectivity index (χ4n) is 1.57. The summed E-state index contributed by atoms with van der Waals surface area (Å²) in [7, 11) is 0. The number of nitrogens with zero attached hydrogens (tertiary/aromatic N) is 2. The van der Waals surface area contributed by atoms with Crippen LogP contribution in [0.5, 0.6) is 0 Å². The summed E-state index contributed by atoms with van der Waals surface area (Å²) in [5, 5.41) is 6.59. The third kappa shape index (κ3) is 5.82. The lowest BCUT2D eigenvalue weighted by Gasteiger charge is -2.10. The van der Waals surface area contributed by atoms with Crippen molar-refractivity contribution >= 4 is 11.6 Å². The zero-order valence-electron chi connectivity index (χ0n) is 11.7. The second kappa shape index (κ2) is 7.87. The van der Waals surface area contributed by atoms with Crippen LogP contribution >= 0.6 is 0 Å². The van der Waals surface area contributed by atoms with Crippen molar-refractivity contribution in [2.24, 2.45) is 5.73 Å². The van der Waals surface area contributed by atoms with E-state index in [2.05, 4.69) is 27.5 Å². The molecule has 102 valence electrons. The average molecular weight is 251 g/mol. The Labute approximate surface area is 110 Å². The monoisotopic (exact) mass is 251 g/mol. The fourth-order valence-corrected chi connectivity index (χ4v) is 1.57. The summed E-state index contributed by atoms with van der Waals surface area (Å²) in [6.45, 7) is 7.87. The van der Waals surface area contributed by atoms with Crippen LogP contribution in [0.4, 0.5) is 11.6 Å². The molecule has 0 saturated heterocycles. The van der Waals surface area contributed by atoms with E-state index in [9.17, 15) is 0 Å². The minimum atomic E-state index is 0.211. The first-order valence-electron chi connectivity index (χ1n) is 6.70. The molecule has 1 aromatic heterocycles. The van der Waals surface area contributed by atoms with Gasteiger partial charge in [0, 0.05) is 25.2 Å². The van der Waals surface area contributed by atoms with Crippen molar-refractivity contribution in [1.29, 1.82) is 0 Å². The number of nitrogens with two attached hydrogens (primary N) is 1. The Hall–Kier alpha value is -1.36. The van der Waals surface area contributed by atoms with Crippen LogP contribution in [0.2, 0.25) is 0 Å². The Kier molecular flexibility index (Phi) is 6.43. The molecule has 1 unspecified atom stereocenters. The van der Waals surface area contributed by atoms with Crippen LogP contribution in [-0.2, 0) is 0 Å². The summed E-state index contributed by atoms with van der Waals surface area (Å²) in [4.78, 5) is 8.72. The molecule has 0 aromatic carbocycles. The SMILES string of the molecule is CCCCNc1cc(NCCC(C)N)nc(C)n1. The van der Waals surface area contributed by atoms with E-state index in [-0.39, 0.29) is 6.04 Å². The summed E-state index contributed by atoms with van der Waals surface area (Å²) in [6.07, 6.45) is 3.26. The first-order chi connectivity index (χ1) is 8.61. The van der Waals surface area contributed by atoms with Crippen LogP contribution < -0.4 is 16.4 Å². The maximum Gasteiger partial charge on any atom is 0.131 e. The highest BCUT2D eigenvalue weighted by molar-refractivity contribution is 5.47. The predicted octanol–water partition coefficient (Wildman–Crippen LogP) is 2.15. The molecular formula is C13H25N5. The Balaban J connectivity index is 2.51. The van der Waals surface area contributed by atoms with Crippen LogP contribution in [0.25, 0.3) is 0 Å². The van der Waals surface area contributed by atoms with Gasteiger partial charge in [-0.2, -0.15) is 0 Å². The number of anilines is 2. The second-order valence-corrected chi connectivity index (χ2v) is 4.66. The van der Waals surface area contributed by atoms with Crippen molar-refractivity contribution in [3.63, 3.8) is 0 Å². The molecule has 4 N–H and O–H groups in total. The molecule has 1 rings (SSSR count). The van der Waals surface area contributed by atoms with Gasteiger partial charge >= 0.3 is 0 Å². The van der Waals surface area contributed by atoms with Crippen molar-refractivity contribution in [3.05, 3.63) is 11.9 Å². The zero-order valence-corrected chi connectivity index (χ0v) is 11.7. The summed E-state index contributed by atoms with van der Waals surface area (Å²) in [5.74, 6) is 2.53. The number of aryl methyl sites for hydroxylation is 1. The maximum absolute atomic E-state index is 5.71. The number of hydrogen-bond donors (Lipinski definition) is 3. The van der Waals surface area contributed by atoms with Crippen molar-refractivity contribution in [2.75, 3.05) is 23.7 Å². The molecule has 1 heterocycles. The first-order valence-corrected chi connectivity index (χ1v) is 6.70. The Morgan fingerprint density at radius 3 is 2.39 bits per heavy atom. The van der Waals surface area contributed by atoms with Gasteiger partial charge in [-0.25, -0.2) is 9.97 Å². The highest BCUT2D eigenvalue weighted by Gasteiger charge is 2.01. The lowest BCUT2D eigenvalue weighted by Crippen LogP contribution is -2.19. The lowest BCUT2D eigenvalue weighted by molar-refractivity contribution is 0.689. The van der Waals surface area contributed by atoms with Gasteiger partial charge in [0.1, 0.15) is 17.5 Å². The molecule has 0 bridgehead atoms. The minimum Gasteiger partial charge on any atom is -0.370 e. The van der Waals surface area contributed by atoms with Crippen molar-refractivity contribution in [3.8, 4) is 0 Å². The van der Waals surface area contributed by atoms with Gasteiger partial charge in [-0.05, 0) is 26.7 Å². The summed E-state index contributed by atoms with van der Waals surface area (Å²) in [6, 6.07) is 2.16. The van der Waals surface area contributed by atoms with Crippen LogP contribution in [0.15, 0.2) is 6.07 Å². The molecular weight excluding hydrogens is 226 g/mol. The number of rotatable bonds is 8. The highest BCUT2D eigenvalue weighted by Crippen LogP contribution is 2.11. The van der Waals surface area contributed by atoms with Crippen LogP contribution in [-0.4, -0.2) is 29.1 Å². The molecule has 18 heavy (non-hydrogen) atoms. The first kappa shape index (κ1) is 14.7. The van der Waals surface area contributed by atoms with E-state index in [4.69, 9.17) is 5.73 Å². The van der Waals surface area contributed by atoms with Gasteiger partial charge in [-0.3, -0.25) is 0 Å². The van der Waals surface area contributed by atoms with E-state index in [1.165, 1.54) is 6.42 Å². The Morgan fingerprint density at radius 1 is 1.22 bits per heavy atom. The maximum atomic E-state index is 5.71. The van der Waals surface area contributed by atoms with E-state index in [1.54, 1.807) is 0 Å². The Bertz CT molecular complexity index is 351. The Morgan fingerprint density at radius 2 is 1.83 bits per heavy atom. The zero-order chi connectivity index (χ0) is 13.4. The summed E-state index contributed by atoms with van der Waals surface area (Å²) >= 11 is 0. The van der Waals surface area contributed by atoms with E-state index >= 15 is 0 Å². The van der Waals surface area contributed by atoms with Gasteiger partial charge in [-0.15, -0.1) is 0 Å². The normalized spacial score (nSPS) is 12.2. The van der Waals surface area contributed by atoms with Crippen LogP contribution in [0.3, 0.4) is 0 Å². The smallest absolute Gasteiger partial charge is 0.131 e. The van der Waals surface area contributed by atoms with Crippen molar-refractivity contribution in [1.82, 2.24) is 9.97 Å².